The molecule has 0 rings (SSSR count). The molecule has 0 aliphatic carbocycles. The zero-order chi connectivity index (χ0) is 21.0. The Morgan fingerprint density at radius 3 is 1.75 bits per heavy atom. The van der Waals surface area contributed by atoms with Gasteiger partial charge in [-0.05, 0) is 39.8 Å². The van der Waals surface area contributed by atoms with Crippen molar-refractivity contribution in [1.82, 2.24) is 10.2 Å². The van der Waals surface area contributed by atoms with E-state index in [4.69, 9.17) is 5.11 Å². The minimum atomic E-state index is -0.777. The highest BCUT2D eigenvalue weighted by atomic mass is 16.4. The van der Waals surface area contributed by atoms with E-state index >= 15 is 0 Å². The molecule has 0 heterocycles. The molecule has 1 atom stereocenters. The van der Waals surface area contributed by atoms with Gasteiger partial charge in [-0.15, -0.1) is 0 Å². The van der Waals surface area contributed by atoms with Crippen molar-refractivity contribution in [2.75, 3.05) is 20.6 Å². The van der Waals surface area contributed by atoms with E-state index < -0.39 is 12.0 Å². The van der Waals surface area contributed by atoms with Crippen LogP contribution in [0, 0.1) is 0 Å². The zero-order valence-electron chi connectivity index (χ0n) is 18.8. The number of aliphatic carboxylic acids is 1. The Morgan fingerprint density at radius 2 is 1.29 bits per heavy atom. The molecule has 1 amide bonds. The van der Waals surface area contributed by atoms with Gasteiger partial charge in [0.15, 0.2) is 0 Å². The second-order valence-corrected chi connectivity index (χ2v) is 8.30. The standard InChI is InChI=1S/C23H46N2O3/c1-4-5-6-7-8-9-10-11-12-13-14-15-19-22(26)24-20-17-16-18-21(23(27)28)25(2)3/h21H,4-20H2,1-3H3,(H,24,26)(H,27,28)/t21-/m0/s1. The van der Waals surface area contributed by atoms with Crippen LogP contribution in [0.3, 0.4) is 0 Å². The quantitative estimate of drug-likeness (QED) is 0.270. The van der Waals surface area contributed by atoms with Crippen molar-refractivity contribution >= 4 is 11.9 Å². The average molecular weight is 399 g/mol. The fourth-order valence-electron chi connectivity index (χ4n) is 3.51. The Bertz CT molecular complexity index is 386. The van der Waals surface area contributed by atoms with E-state index in [1.54, 1.807) is 19.0 Å². The summed E-state index contributed by atoms with van der Waals surface area (Å²) in [5, 5.41) is 12.1. The lowest BCUT2D eigenvalue weighted by atomic mass is 10.0. The van der Waals surface area contributed by atoms with Gasteiger partial charge < -0.3 is 10.4 Å². The summed E-state index contributed by atoms with van der Waals surface area (Å²) < 4.78 is 0. The van der Waals surface area contributed by atoms with Gasteiger partial charge >= 0.3 is 5.97 Å². The van der Waals surface area contributed by atoms with Crippen LogP contribution in [0.15, 0.2) is 0 Å². The molecular formula is C23H46N2O3. The van der Waals surface area contributed by atoms with Crippen LogP contribution in [-0.2, 0) is 9.59 Å². The lowest BCUT2D eigenvalue weighted by Crippen LogP contribution is -2.35. The second kappa shape index (κ2) is 19.2. The summed E-state index contributed by atoms with van der Waals surface area (Å²) >= 11 is 0. The molecular weight excluding hydrogens is 352 g/mol. The zero-order valence-corrected chi connectivity index (χ0v) is 18.8. The summed E-state index contributed by atoms with van der Waals surface area (Å²) in [7, 11) is 3.57. The molecule has 28 heavy (non-hydrogen) atoms. The third-order valence-corrected chi connectivity index (χ3v) is 5.39. The molecule has 0 bridgehead atoms. The van der Waals surface area contributed by atoms with Crippen LogP contribution in [0.4, 0.5) is 0 Å². The topological polar surface area (TPSA) is 69.6 Å². The highest BCUT2D eigenvalue weighted by Gasteiger charge is 2.18. The smallest absolute Gasteiger partial charge is 0.320 e. The first kappa shape index (κ1) is 26.9. The van der Waals surface area contributed by atoms with Crippen molar-refractivity contribution < 1.29 is 14.7 Å². The van der Waals surface area contributed by atoms with Crippen LogP contribution in [0.25, 0.3) is 0 Å². The maximum Gasteiger partial charge on any atom is 0.320 e. The van der Waals surface area contributed by atoms with Crippen LogP contribution < -0.4 is 5.32 Å². The molecule has 0 saturated heterocycles. The van der Waals surface area contributed by atoms with Gasteiger partial charge in [0.05, 0.1) is 0 Å². The minimum Gasteiger partial charge on any atom is -0.480 e. The molecule has 0 aromatic carbocycles. The van der Waals surface area contributed by atoms with E-state index in [0.717, 1.165) is 25.7 Å². The number of carbonyl (C=O) groups excluding carboxylic acids is 1. The summed E-state index contributed by atoms with van der Waals surface area (Å²) in [6.07, 6.45) is 18.5. The minimum absolute atomic E-state index is 0.134. The lowest BCUT2D eigenvalue weighted by Gasteiger charge is -2.19. The Morgan fingerprint density at radius 1 is 0.786 bits per heavy atom. The summed E-state index contributed by atoms with van der Waals surface area (Å²) in [6, 6.07) is -0.434. The van der Waals surface area contributed by atoms with Crippen LogP contribution in [0.5, 0.6) is 0 Å². The van der Waals surface area contributed by atoms with Gasteiger partial charge in [0.1, 0.15) is 6.04 Å². The summed E-state index contributed by atoms with van der Waals surface area (Å²) in [6.45, 7) is 2.91. The number of rotatable bonds is 20. The number of carbonyl (C=O) groups is 2. The van der Waals surface area contributed by atoms with Crippen molar-refractivity contribution in [1.29, 1.82) is 0 Å². The average Bonchev–Trinajstić information content (AvgIpc) is 2.64. The summed E-state index contributed by atoms with van der Waals surface area (Å²) in [5.41, 5.74) is 0. The molecule has 0 spiro atoms. The predicted octanol–water partition coefficient (Wildman–Crippen LogP) is 5.38. The Labute approximate surface area is 173 Å². The number of amides is 1. The maximum absolute atomic E-state index is 11.8. The van der Waals surface area contributed by atoms with Crippen LogP contribution in [0.2, 0.25) is 0 Å². The van der Waals surface area contributed by atoms with Gasteiger partial charge in [-0.25, -0.2) is 0 Å². The Kier molecular flexibility index (Phi) is 18.5. The molecule has 166 valence electrons. The normalized spacial score (nSPS) is 12.3. The van der Waals surface area contributed by atoms with E-state index in [2.05, 4.69) is 12.2 Å². The molecule has 0 aromatic heterocycles. The fraction of sp³-hybridized carbons (Fsp3) is 0.913. The second-order valence-electron chi connectivity index (χ2n) is 8.30. The Hall–Kier alpha value is -1.10. The van der Waals surface area contributed by atoms with Gasteiger partial charge in [-0.3, -0.25) is 14.5 Å². The highest BCUT2D eigenvalue weighted by Crippen LogP contribution is 2.12. The van der Waals surface area contributed by atoms with Crippen LogP contribution >= 0.6 is 0 Å². The molecule has 5 nitrogen and oxygen atoms in total. The molecule has 0 aliphatic heterocycles. The molecule has 5 heteroatoms. The van der Waals surface area contributed by atoms with Crippen molar-refractivity contribution in [3.05, 3.63) is 0 Å². The van der Waals surface area contributed by atoms with Crippen molar-refractivity contribution in [3.8, 4) is 0 Å². The lowest BCUT2D eigenvalue weighted by molar-refractivity contribution is -0.142. The monoisotopic (exact) mass is 398 g/mol. The molecule has 2 N–H and O–H groups in total. The first-order chi connectivity index (χ1) is 13.5. The molecule has 0 radical (unpaired) electrons. The first-order valence-corrected chi connectivity index (χ1v) is 11.6. The molecule has 0 saturated carbocycles. The fourth-order valence-corrected chi connectivity index (χ4v) is 3.51. The predicted molar refractivity (Wildman–Crippen MR) is 118 cm³/mol. The van der Waals surface area contributed by atoms with Gasteiger partial charge in [0.2, 0.25) is 5.91 Å². The number of hydrogen-bond donors (Lipinski definition) is 2. The third kappa shape index (κ3) is 17.0. The van der Waals surface area contributed by atoms with Gasteiger partial charge in [0, 0.05) is 13.0 Å². The van der Waals surface area contributed by atoms with Crippen LogP contribution in [-0.4, -0.2) is 48.6 Å². The summed E-state index contributed by atoms with van der Waals surface area (Å²) in [5.74, 6) is -0.643. The molecule has 0 fully saturated rings. The maximum atomic E-state index is 11.8. The Balaban J connectivity index is 3.37. The molecule has 0 aliphatic rings. The number of unbranched alkanes of at least 4 members (excludes halogenated alkanes) is 12. The third-order valence-electron chi connectivity index (χ3n) is 5.39. The number of carboxylic acid groups (broad SMARTS) is 1. The highest BCUT2D eigenvalue weighted by molar-refractivity contribution is 5.75. The number of hydrogen-bond acceptors (Lipinski definition) is 3. The molecule has 0 unspecified atom stereocenters. The van der Waals surface area contributed by atoms with E-state index in [-0.39, 0.29) is 5.91 Å². The molecule has 0 aromatic rings. The van der Waals surface area contributed by atoms with Gasteiger partial charge in [-0.1, -0.05) is 77.6 Å². The van der Waals surface area contributed by atoms with Crippen molar-refractivity contribution in [2.24, 2.45) is 0 Å². The van der Waals surface area contributed by atoms with E-state index in [1.165, 1.54) is 64.2 Å². The number of nitrogens with zero attached hydrogens (tertiary/aromatic N) is 1. The summed E-state index contributed by atoms with van der Waals surface area (Å²) in [4.78, 5) is 24.7. The van der Waals surface area contributed by atoms with E-state index in [9.17, 15) is 9.59 Å². The van der Waals surface area contributed by atoms with E-state index in [0.29, 0.717) is 19.4 Å². The number of likely N-dealkylation sites (N-methyl/N-ethyl adjacent to an activating group) is 1. The first-order valence-electron chi connectivity index (χ1n) is 11.6. The van der Waals surface area contributed by atoms with Gasteiger partial charge in [-0.2, -0.15) is 0 Å². The SMILES string of the molecule is CCCCCCCCCCCCCCC(=O)NCCCC[C@@H](C(=O)O)N(C)C. The van der Waals surface area contributed by atoms with Gasteiger partial charge in [0.25, 0.3) is 0 Å². The largest absolute Gasteiger partial charge is 0.480 e. The number of carboxylic acids is 1. The van der Waals surface area contributed by atoms with E-state index in [1.807, 2.05) is 0 Å². The van der Waals surface area contributed by atoms with Crippen molar-refractivity contribution in [3.63, 3.8) is 0 Å². The van der Waals surface area contributed by atoms with Crippen molar-refractivity contribution in [2.45, 2.75) is 116 Å². The number of nitrogens with one attached hydrogen (secondary N) is 1. The van der Waals surface area contributed by atoms with Crippen LogP contribution in [0.1, 0.15) is 110 Å².